The lowest BCUT2D eigenvalue weighted by atomic mass is 10.2. The summed E-state index contributed by atoms with van der Waals surface area (Å²) in [6, 6.07) is 2.01. The highest BCUT2D eigenvalue weighted by Gasteiger charge is 1.96. The summed E-state index contributed by atoms with van der Waals surface area (Å²) in [5, 5.41) is 0. The highest BCUT2D eigenvalue weighted by Crippen LogP contribution is 2.09. The van der Waals surface area contributed by atoms with Crippen LogP contribution in [-0.2, 0) is 4.79 Å². The van der Waals surface area contributed by atoms with E-state index in [1.54, 1.807) is 6.08 Å². The third-order valence-corrected chi connectivity index (χ3v) is 1.60. The molecular weight excluding hydrogens is 152 g/mol. The number of amides is 1. The fraction of sp³-hybridized carbons (Fsp3) is 0.222. The van der Waals surface area contributed by atoms with Gasteiger partial charge in [0.05, 0.1) is 0 Å². The fourth-order valence-corrected chi connectivity index (χ4v) is 1.09. The predicted molar refractivity (Wildman–Crippen MR) is 48.5 cm³/mol. The quantitative estimate of drug-likeness (QED) is 0.632. The third-order valence-electron chi connectivity index (χ3n) is 1.60. The number of aromatic amines is 1. The van der Waals surface area contributed by atoms with Crippen LogP contribution < -0.4 is 5.73 Å². The molecule has 3 heteroatoms. The number of rotatable bonds is 2. The Morgan fingerprint density at radius 1 is 1.58 bits per heavy atom. The van der Waals surface area contributed by atoms with E-state index in [1.807, 2.05) is 19.9 Å². The maximum atomic E-state index is 10.4. The van der Waals surface area contributed by atoms with Crippen molar-refractivity contribution in [1.82, 2.24) is 4.98 Å². The van der Waals surface area contributed by atoms with Gasteiger partial charge in [-0.2, -0.15) is 0 Å². The molecule has 0 unspecified atom stereocenters. The highest BCUT2D eigenvalue weighted by atomic mass is 16.1. The Bertz CT molecular complexity index is 323. The third kappa shape index (κ3) is 1.99. The van der Waals surface area contributed by atoms with Crippen LogP contribution in [0.1, 0.15) is 17.0 Å². The van der Waals surface area contributed by atoms with E-state index in [9.17, 15) is 4.79 Å². The van der Waals surface area contributed by atoms with Crippen LogP contribution in [0.4, 0.5) is 0 Å². The van der Waals surface area contributed by atoms with Gasteiger partial charge in [-0.1, -0.05) is 0 Å². The SMILES string of the molecule is Cc1cc(C)c(/C=C/C(N)=O)[nH]1. The van der Waals surface area contributed by atoms with Crippen LogP contribution in [0.3, 0.4) is 0 Å². The monoisotopic (exact) mass is 164 g/mol. The highest BCUT2D eigenvalue weighted by molar-refractivity contribution is 5.90. The van der Waals surface area contributed by atoms with E-state index < -0.39 is 5.91 Å². The topological polar surface area (TPSA) is 58.9 Å². The molecule has 0 radical (unpaired) electrons. The summed E-state index contributed by atoms with van der Waals surface area (Å²) >= 11 is 0. The van der Waals surface area contributed by atoms with E-state index in [-0.39, 0.29) is 0 Å². The molecule has 1 amide bonds. The van der Waals surface area contributed by atoms with Crippen molar-refractivity contribution in [2.24, 2.45) is 5.73 Å². The first-order valence-electron chi connectivity index (χ1n) is 3.73. The zero-order chi connectivity index (χ0) is 9.14. The minimum Gasteiger partial charge on any atom is -0.366 e. The fourth-order valence-electron chi connectivity index (χ4n) is 1.09. The summed E-state index contributed by atoms with van der Waals surface area (Å²) in [5.74, 6) is -0.429. The number of carbonyl (C=O) groups excluding carboxylic acids is 1. The molecule has 3 nitrogen and oxygen atoms in total. The second kappa shape index (κ2) is 3.26. The number of hydrogen-bond acceptors (Lipinski definition) is 1. The van der Waals surface area contributed by atoms with Crippen LogP contribution in [0.25, 0.3) is 6.08 Å². The summed E-state index contributed by atoms with van der Waals surface area (Å²) in [7, 11) is 0. The lowest BCUT2D eigenvalue weighted by Crippen LogP contribution is -2.05. The number of carbonyl (C=O) groups is 1. The zero-order valence-electron chi connectivity index (χ0n) is 7.22. The molecule has 0 saturated carbocycles. The van der Waals surface area contributed by atoms with Crippen molar-refractivity contribution in [3.05, 3.63) is 29.1 Å². The molecule has 0 fully saturated rings. The van der Waals surface area contributed by atoms with Crippen LogP contribution in [0, 0.1) is 13.8 Å². The molecule has 1 rings (SSSR count). The van der Waals surface area contributed by atoms with Gasteiger partial charge >= 0.3 is 0 Å². The van der Waals surface area contributed by atoms with E-state index in [4.69, 9.17) is 5.73 Å². The van der Waals surface area contributed by atoms with Crippen molar-refractivity contribution in [2.75, 3.05) is 0 Å². The van der Waals surface area contributed by atoms with Gasteiger partial charge in [0.2, 0.25) is 5.91 Å². The van der Waals surface area contributed by atoms with Crippen molar-refractivity contribution in [1.29, 1.82) is 0 Å². The number of nitrogens with one attached hydrogen (secondary N) is 1. The van der Waals surface area contributed by atoms with Crippen LogP contribution in [-0.4, -0.2) is 10.9 Å². The second-order valence-corrected chi connectivity index (χ2v) is 2.78. The lowest BCUT2D eigenvalue weighted by molar-refractivity contribution is -0.113. The smallest absolute Gasteiger partial charge is 0.241 e. The molecule has 1 heterocycles. The number of hydrogen-bond donors (Lipinski definition) is 2. The van der Waals surface area contributed by atoms with E-state index >= 15 is 0 Å². The summed E-state index contributed by atoms with van der Waals surface area (Å²) in [4.78, 5) is 13.5. The maximum Gasteiger partial charge on any atom is 0.241 e. The summed E-state index contributed by atoms with van der Waals surface area (Å²) < 4.78 is 0. The van der Waals surface area contributed by atoms with Gasteiger partial charge < -0.3 is 10.7 Å². The predicted octanol–water partition coefficient (Wildman–Crippen LogP) is 1.13. The van der Waals surface area contributed by atoms with Crippen molar-refractivity contribution in [3.63, 3.8) is 0 Å². The first-order valence-corrected chi connectivity index (χ1v) is 3.73. The standard InChI is InChI=1S/C9H12N2O/c1-6-5-7(2)11-8(6)3-4-9(10)12/h3-5,11H,1-2H3,(H2,10,12)/b4-3+. The molecular formula is C9H12N2O. The number of primary amides is 1. The van der Waals surface area contributed by atoms with Gasteiger partial charge in [0.25, 0.3) is 0 Å². The van der Waals surface area contributed by atoms with Crippen LogP contribution in [0.2, 0.25) is 0 Å². The van der Waals surface area contributed by atoms with Crippen molar-refractivity contribution >= 4 is 12.0 Å². The first-order chi connectivity index (χ1) is 5.59. The largest absolute Gasteiger partial charge is 0.366 e. The minimum atomic E-state index is -0.429. The molecule has 0 aliphatic heterocycles. The molecule has 0 saturated heterocycles. The van der Waals surface area contributed by atoms with E-state index in [2.05, 4.69) is 4.98 Å². The Morgan fingerprint density at radius 2 is 2.25 bits per heavy atom. The molecule has 64 valence electrons. The van der Waals surface area contributed by atoms with Gasteiger partial charge in [-0.15, -0.1) is 0 Å². The van der Waals surface area contributed by atoms with E-state index in [0.717, 1.165) is 17.0 Å². The Hall–Kier alpha value is -1.51. The normalized spacial score (nSPS) is 10.8. The van der Waals surface area contributed by atoms with Crippen molar-refractivity contribution in [3.8, 4) is 0 Å². The van der Waals surface area contributed by atoms with Crippen LogP contribution >= 0.6 is 0 Å². The van der Waals surface area contributed by atoms with E-state index in [1.165, 1.54) is 6.08 Å². The molecule has 1 aromatic heterocycles. The van der Waals surface area contributed by atoms with Gasteiger partial charge in [0.1, 0.15) is 0 Å². The lowest BCUT2D eigenvalue weighted by Gasteiger charge is -1.88. The van der Waals surface area contributed by atoms with Gasteiger partial charge in [-0.05, 0) is 31.6 Å². The van der Waals surface area contributed by atoms with Gasteiger partial charge in [-0.3, -0.25) is 4.79 Å². The van der Waals surface area contributed by atoms with Gasteiger partial charge in [0, 0.05) is 17.5 Å². The minimum absolute atomic E-state index is 0.429. The molecule has 12 heavy (non-hydrogen) atoms. The molecule has 1 aromatic rings. The Labute approximate surface area is 71.3 Å². The number of aromatic nitrogens is 1. The second-order valence-electron chi connectivity index (χ2n) is 2.78. The Morgan fingerprint density at radius 3 is 2.67 bits per heavy atom. The average molecular weight is 164 g/mol. The van der Waals surface area contributed by atoms with Crippen LogP contribution in [0.15, 0.2) is 12.1 Å². The van der Waals surface area contributed by atoms with Gasteiger partial charge in [-0.25, -0.2) is 0 Å². The van der Waals surface area contributed by atoms with E-state index in [0.29, 0.717) is 0 Å². The number of H-pyrrole nitrogens is 1. The average Bonchev–Trinajstić information content (AvgIpc) is 2.26. The summed E-state index contributed by atoms with van der Waals surface area (Å²) in [6.07, 6.45) is 3.03. The van der Waals surface area contributed by atoms with Crippen LogP contribution in [0.5, 0.6) is 0 Å². The Kier molecular flexibility index (Phi) is 2.33. The summed E-state index contributed by atoms with van der Waals surface area (Å²) in [5.41, 5.74) is 8.09. The molecule has 0 aliphatic carbocycles. The zero-order valence-corrected chi connectivity index (χ0v) is 7.22. The van der Waals surface area contributed by atoms with Crippen molar-refractivity contribution in [2.45, 2.75) is 13.8 Å². The number of nitrogens with two attached hydrogens (primary N) is 1. The maximum absolute atomic E-state index is 10.4. The van der Waals surface area contributed by atoms with Gasteiger partial charge in [0.15, 0.2) is 0 Å². The summed E-state index contributed by atoms with van der Waals surface area (Å²) in [6.45, 7) is 3.94. The molecule has 0 bridgehead atoms. The first kappa shape index (κ1) is 8.59. The molecule has 0 spiro atoms. The molecule has 0 aromatic carbocycles. The molecule has 0 aliphatic rings. The molecule has 0 atom stereocenters. The molecule has 3 N–H and O–H groups in total. The Balaban J connectivity index is 2.89. The van der Waals surface area contributed by atoms with Crippen molar-refractivity contribution < 1.29 is 4.79 Å². The number of aryl methyl sites for hydroxylation is 2.